The molecule has 0 saturated heterocycles. The molecular weight excluding hydrogens is 303 g/mol. The molecule has 1 heterocycles. The van der Waals surface area contributed by atoms with Crippen molar-refractivity contribution >= 4 is 10.4 Å². The standard InChI is InChI=1S/C14H19O5S.Na/c1-2-3-4-5-6-7-8-11-9-10-12(15)14-13(11)18-20(16,17)19-14;/h10,15H,2-8H2,1H3;/q-1;+1. The van der Waals surface area contributed by atoms with Crippen LogP contribution in [-0.2, 0) is 16.8 Å². The number of fused-ring (bicyclic) bond motifs is 1. The summed E-state index contributed by atoms with van der Waals surface area (Å²) in [5, 5.41) is 9.56. The van der Waals surface area contributed by atoms with Crippen molar-refractivity contribution in [2.24, 2.45) is 0 Å². The van der Waals surface area contributed by atoms with E-state index < -0.39 is 10.4 Å². The van der Waals surface area contributed by atoms with Gasteiger partial charge in [0.15, 0.2) is 0 Å². The second kappa shape index (κ2) is 8.27. The van der Waals surface area contributed by atoms with Gasteiger partial charge in [-0.25, -0.2) is 0 Å². The molecule has 0 fully saturated rings. The van der Waals surface area contributed by atoms with Crippen molar-refractivity contribution in [2.75, 3.05) is 0 Å². The minimum atomic E-state index is -4.07. The molecule has 1 aromatic rings. The molecule has 7 heteroatoms. The summed E-state index contributed by atoms with van der Waals surface area (Å²) in [5.74, 6) is -0.309. The van der Waals surface area contributed by atoms with Crippen LogP contribution in [-0.4, -0.2) is 13.5 Å². The zero-order chi connectivity index (χ0) is 14.6. The number of hydrogen-bond donors (Lipinski definition) is 1. The minimum Gasteiger partial charge on any atom is -0.562 e. The van der Waals surface area contributed by atoms with Gasteiger partial charge < -0.3 is 13.5 Å². The number of rotatable bonds is 7. The van der Waals surface area contributed by atoms with E-state index in [1.54, 1.807) is 0 Å². The molecule has 0 unspecified atom stereocenters. The molecule has 21 heavy (non-hydrogen) atoms. The first-order chi connectivity index (χ1) is 9.53. The number of hydrogen-bond acceptors (Lipinski definition) is 5. The van der Waals surface area contributed by atoms with Gasteiger partial charge in [0.25, 0.3) is 0 Å². The molecule has 0 aliphatic carbocycles. The maximum absolute atomic E-state index is 11.3. The normalized spacial score (nSPS) is 14.7. The Morgan fingerprint density at radius 1 is 1.10 bits per heavy atom. The summed E-state index contributed by atoms with van der Waals surface area (Å²) in [5.41, 5.74) is 0.634. The molecule has 1 N–H and O–H groups in total. The molecule has 0 amide bonds. The van der Waals surface area contributed by atoms with Crippen LogP contribution in [0.15, 0.2) is 6.07 Å². The largest absolute Gasteiger partial charge is 1.00 e. The number of benzene rings is 1. The van der Waals surface area contributed by atoms with Crippen molar-refractivity contribution < 1.29 is 51.4 Å². The van der Waals surface area contributed by atoms with Crippen LogP contribution >= 0.6 is 0 Å². The van der Waals surface area contributed by atoms with E-state index in [9.17, 15) is 13.5 Å². The Labute approximate surface area is 148 Å². The Balaban J connectivity index is 0.00000220. The van der Waals surface area contributed by atoms with Gasteiger partial charge >= 0.3 is 40.0 Å². The molecule has 1 aromatic carbocycles. The van der Waals surface area contributed by atoms with E-state index in [0.717, 1.165) is 12.8 Å². The van der Waals surface area contributed by atoms with Gasteiger partial charge in [-0.05, 0) is 6.42 Å². The molecular formula is C14H19NaO5S. The Bertz CT molecular complexity index is 571. The first-order valence-corrected chi connectivity index (χ1v) is 8.27. The summed E-state index contributed by atoms with van der Waals surface area (Å²) in [7, 11) is -4.07. The summed E-state index contributed by atoms with van der Waals surface area (Å²) >= 11 is 0. The van der Waals surface area contributed by atoms with Gasteiger partial charge in [-0.3, -0.25) is 0 Å². The fourth-order valence-electron chi connectivity index (χ4n) is 2.20. The average Bonchev–Trinajstić information content (AvgIpc) is 2.72. The molecule has 0 bridgehead atoms. The molecule has 0 saturated carbocycles. The van der Waals surface area contributed by atoms with Gasteiger partial charge in [0.1, 0.15) is 5.75 Å². The third-order valence-corrected chi connectivity index (χ3v) is 3.99. The predicted molar refractivity (Wildman–Crippen MR) is 74.2 cm³/mol. The van der Waals surface area contributed by atoms with Crippen LogP contribution in [0.25, 0.3) is 0 Å². The molecule has 0 radical (unpaired) electrons. The van der Waals surface area contributed by atoms with Gasteiger partial charge in [0, 0.05) is 5.75 Å². The van der Waals surface area contributed by atoms with Crippen LogP contribution in [0.1, 0.15) is 51.0 Å². The second-order valence-corrected chi connectivity index (χ2v) is 6.05. The van der Waals surface area contributed by atoms with Gasteiger partial charge in [-0.1, -0.05) is 45.4 Å². The quantitative estimate of drug-likeness (QED) is 0.438. The fourth-order valence-corrected chi connectivity index (χ4v) is 2.98. The van der Waals surface area contributed by atoms with Crippen molar-refractivity contribution in [2.45, 2.75) is 51.9 Å². The Morgan fingerprint density at radius 2 is 1.71 bits per heavy atom. The Hall–Kier alpha value is -0.430. The molecule has 1 aliphatic heterocycles. The zero-order valence-electron chi connectivity index (χ0n) is 12.5. The summed E-state index contributed by atoms with van der Waals surface area (Å²) < 4.78 is 31.9. The van der Waals surface area contributed by atoms with Gasteiger partial charge in [-0.15, -0.1) is 20.0 Å². The topological polar surface area (TPSA) is 72.8 Å². The van der Waals surface area contributed by atoms with Crippen molar-refractivity contribution in [3.05, 3.63) is 17.7 Å². The first-order valence-electron chi connectivity index (χ1n) is 6.94. The maximum Gasteiger partial charge on any atom is 1.00 e. The van der Waals surface area contributed by atoms with E-state index in [1.165, 1.54) is 31.7 Å². The maximum atomic E-state index is 11.3. The Morgan fingerprint density at radius 3 is 2.43 bits per heavy atom. The monoisotopic (exact) mass is 322 g/mol. The third-order valence-electron chi connectivity index (χ3n) is 3.25. The van der Waals surface area contributed by atoms with Gasteiger partial charge in [0.2, 0.25) is 0 Å². The summed E-state index contributed by atoms with van der Waals surface area (Å²) in [6.07, 6.45) is 7.52. The zero-order valence-corrected chi connectivity index (χ0v) is 15.3. The van der Waals surface area contributed by atoms with Gasteiger partial charge in [-0.2, -0.15) is 6.07 Å². The van der Waals surface area contributed by atoms with Crippen LogP contribution in [0.2, 0.25) is 0 Å². The summed E-state index contributed by atoms with van der Waals surface area (Å²) in [4.78, 5) is 0. The van der Waals surface area contributed by atoms with Crippen molar-refractivity contribution in [1.29, 1.82) is 0 Å². The number of aryl methyl sites for hydroxylation is 1. The van der Waals surface area contributed by atoms with Crippen LogP contribution in [0.4, 0.5) is 0 Å². The summed E-state index contributed by atoms with van der Waals surface area (Å²) in [6.45, 7) is 2.17. The van der Waals surface area contributed by atoms with Crippen molar-refractivity contribution in [3.63, 3.8) is 0 Å². The van der Waals surface area contributed by atoms with Crippen LogP contribution in [0.5, 0.6) is 17.2 Å². The average molecular weight is 322 g/mol. The molecule has 2 rings (SSSR count). The SMILES string of the molecule is CCCCCCCCc1[c-]cc(O)c2c1OS(=O)(=O)O2.[Na+]. The van der Waals surface area contributed by atoms with E-state index >= 15 is 0 Å². The van der Waals surface area contributed by atoms with Crippen LogP contribution < -0.4 is 37.9 Å². The van der Waals surface area contributed by atoms with E-state index in [1.807, 2.05) is 0 Å². The minimum absolute atomic E-state index is 0. The second-order valence-electron chi connectivity index (χ2n) is 4.90. The molecule has 5 nitrogen and oxygen atoms in total. The van der Waals surface area contributed by atoms with E-state index in [-0.39, 0.29) is 46.8 Å². The summed E-state index contributed by atoms with van der Waals surface area (Å²) in [6, 6.07) is 4.17. The van der Waals surface area contributed by atoms with Crippen molar-refractivity contribution in [1.82, 2.24) is 0 Å². The molecule has 0 aromatic heterocycles. The Kier molecular flexibility index (Phi) is 7.33. The predicted octanol–water partition coefficient (Wildman–Crippen LogP) is 0.115. The van der Waals surface area contributed by atoms with Crippen LogP contribution in [0.3, 0.4) is 0 Å². The van der Waals surface area contributed by atoms with Crippen molar-refractivity contribution in [3.8, 4) is 17.2 Å². The fraction of sp³-hybridized carbons (Fsp3) is 0.571. The van der Waals surface area contributed by atoms with Crippen LogP contribution in [0, 0.1) is 6.07 Å². The number of phenols is 1. The number of aromatic hydroxyl groups is 1. The number of phenolic OH excluding ortho intramolecular Hbond substituents is 1. The smallest absolute Gasteiger partial charge is 0.562 e. The molecule has 112 valence electrons. The van der Waals surface area contributed by atoms with E-state index in [2.05, 4.69) is 17.2 Å². The third kappa shape index (κ3) is 5.06. The molecule has 0 spiro atoms. The number of unbranched alkanes of at least 4 members (excludes halogenated alkanes) is 5. The van der Waals surface area contributed by atoms with E-state index in [0.29, 0.717) is 12.0 Å². The molecule has 0 atom stereocenters. The van der Waals surface area contributed by atoms with E-state index in [4.69, 9.17) is 4.18 Å². The molecule has 1 aliphatic rings. The van der Waals surface area contributed by atoms with Gasteiger partial charge in [0.05, 0.1) is 5.75 Å². The first kappa shape index (κ1) is 18.6.